The van der Waals surface area contributed by atoms with Crippen LogP contribution in [-0.4, -0.2) is 34.9 Å². The van der Waals surface area contributed by atoms with E-state index in [0.717, 1.165) is 28.1 Å². The molecular formula is C28H25N5O3. The summed E-state index contributed by atoms with van der Waals surface area (Å²) in [5.74, 6) is 1.84. The van der Waals surface area contributed by atoms with E-state index in [4.69, 9.17) is 9.47 Å². The first-order chi connectivity index (χ1) is 17.6. The van der Waals surface area contributed by atoms with Crippen molar-refractivity contribution in [1.29, 1.82) is 0 Å². The number of ether oxygens (including phenoxy) is 2. The van der Waals surface area contributed by atoms with Crippen molar-refractivity contribution in [2.75, 3.05) is 24.9 Å². The Labute approximate surface area is 208 Å². The van der Waals surface area contributed by atoms with Crippen LogP contribution in [0.5, 0.6) is 11.5 Å². The van der Waals surface area contributed by atoms with Crippen LogP contribution in [0.1, 0.15) is 22.7 Å². The van der Waals surface area contributed by atoms with Gasteiger partial charge in [0.05, 0.1) is 14.2 Å². The van der Waals surface area contributed by atoms with E-state index in [1.807, 2.05) is 78.9 Å². The zero-order valence-corrected chi connectivity index (χ0v) is 19.9. The summed E-state index contributed by atoms with van der Waals surface area (Å²) in [6, 6.07) is 25.0. The number of nitrogens with zero attached hydrogens (tertiary/aromatic N) is 3. The van der Waals surface area contributed by atoms with Gasteiger partial charge in [-0.25, -0.2) is 4.68 Å². The average molecular weight is 480 g/mol. The lowest BCUT2D eigenvalue weighted by Crippen LogP contribution is -2.20. The van der Waals surface area contributed by atoms with Crippen molar-refractivity contribution >= 4 is 29.6 Å². The van der Waals surface area contributed by atoms with E-state index in [1.165, 1.54) is 6.08 Å². The van der Waals surface area contributed by atoms with Crippen LogP contribution in [0.2, 0.25) is 0 Å². The van der Waals surface area contributed by atoms with Crippen molar-refractivity contribution in [3.63, 3.8) is 0 Å². The van der Waals surface area contributed by atoms with E-state index >= 15 is 0 Å². The van der Waals surface area contributed by atoms with E-state index in [2.05, 4.69) is 26.8 Å². The van der Waals surface area contributed by atoms with Gasteiger partial charge in [-0.3, -0.25) is 10.1 Å². The molecule has 0 aliphatic carbocycles. The molecule has 8 heteroatoms. The van der Waals surface area contributed by atoms with Gasteiger partial charge in [0.15, 0.2) is 0 Å². The molecule has 1 aromatic heterocycles. The maximum absolute atomic E-state index is 12.6. The summed E-state index contributed by atoms with van der Waals surface area (Å²) in [5, 5.41) is 10.7. The zero-order valence-electron chi connectivity index (χ0n) is 19.9. The van der Waals surface area contributed by atoms with Gasteiger partial charge in [0.1, 0.15) is 17.5 Å². The van der Waals surface area contributed by atoms with Crippen molar-refractivity contribution < 1.29 is 14.3 Å². The molecule has 180 valence electrons. The summed E-state index contributed by atoms with van der Waals surface area (Å²) in [5.41, 5.74) is 3.73. The standard InChI is InChI=1S/C28H25N5O3/c1-35-22-15-12-20(13-16-22)24-18-23(19-8-4-3-5-9-19)29-28-31-27(32-33(24)28)30-26(34)17-14-21-10-6-7-11-25(21)36-2/h3-18,24H,1-2H3,(H2,29,30,31,32,34)/b17-14+/t24-/m1/s1. The third-order valence-corrected chi connectivity index (χ3v) is 5.80. The smallest absolute Gasteiger partial charge is 0.250 e. The second-order valence-corrected chi connectivity index (χ2v) is 8.06. The Hall–Kier alpha value is -4.85. The highest BCUT2D eigenvalue weighted by Gasteiger charge is 2.25. The lowest BCUT2D eigenvalue weighted by atomic mass is 10.0. The topological polar surface area (TPSA) is 90.3 Å². The van der Waals surface area contributed by atoms with Gasteiger partial charge >= 0.3 is 0 Å². The molecule has 1 atom stereocenters. The molecule has 0 saturated heterocycles. The number of fused-ring (bicyclic) bond motifs is 1. The number of hydrogen-bond acceptors (Lipinski definition) is 6. The Kier molecular flexibility index (Phi) is 6.48. The second-order valence-electron chi connectivity index (χ2n) is 8.06. The number of para-hydroxylation sites is 1. The van der Waals surface area contributed by atoms with Gasteiger partial charge in [-0.2, -0.15) is 4.98 Å². The number of nitrogens with one attached hydrogen (secondary N) is 2. The molecular weight excluding hydrogens is 454 g/mol. The van der Waals surface area contributed by atoms with Crippen LogP contribution < -0.4 is 20.1 Å². The number of hydrogen-bond donors (Lipinski definition) is 2. The molecule has 0 fully saturated rings. The fourth-order valence-corrected chi connectivity index (χ4v) is 3.99. The molecule has 36 heavy (non-hydrogen) atoms. The summed E-state index contributed by atoms with van der Waals surface area (Å²) in [4.78, 5) is 17.2. The van der Waals surface area contributed by atoms with Gasteiger partial charge in [0.25, 0.3) is 11.9 Å². The first-order valence-electron chi connectivity index (χ1n) is 11.4. The molecule has 3 aromatic carbocycles. The molecule has 0 unspecified atom stereocenters. The van der Waals surface area contributed by atoms with Gasteiger partial charge < -0.3 is 14.8 Å². The zero-order chi connectivity index (χ0) is 24.9. The Balaban J connectivity index is 1.42. The van der Waals surface area contributed by atoms with E-state index in [9.17, 15) is 4.79 Å². The van der Waals surface area contributed by atoms with Crippen molar-refractivity contribution in [1.82, 2.24) is 14.8 Å². The average Bonchev–Trinajstić information content (AvgIpc) is 3.34. The van der Waals surface area contributed by atoms with Crippen molar-refractivity contribution in [3.05, 3.63) is 108 Å². The first kappa shape index (κ1) is 22.9. The number of carbonyl (C=O) groups is 1. The maximum Gasteiger partial charge on any atom is 0.250 e. The van der Waals surface area contributed by atoms with Gasteiger partial charge in [-0.1, -0.05) is 60.7 Å². The summed E-state index contributed by atoms with van der Waals surface area (Å²) >= 11 is 0. The van der Waals surface area contributed by atoms with Gasteiger partial charge in [0, 0.05) is 17.3 Å². The number of rotatable bonds is 7. The molecule has 2 heterocycles. The molecule has 1 aliphatic rings. The normalized spacial score (nSPS) is 14.5. The number of aromatic nitrogens is 3. The highest BCUT2D eigenvalue weighted by Crippen LogP contribution is 2.33. The third kappa shape index (κ3) is 4.83. The Bertz CT molecular complexity index is 1430. The highest BCUT2D eigenvalue weighted by molar-refractivity contribution is 6.01. The molecule has 0 saturated carbocycles. The first-order valence-corrected chi connectivity index (χ1v) is 11.4. The largest absolute Gasteiger partial charge is 0.497 e. The van der Waals surface area contributed by atoms with Crippen molar-refractivity contribution in [2.45, 2.75) is 6.04 Å². The molecule has 0 radical (unpaired) electrons. The highest BCUT2D eigenvalue weighted by atomic mass is 16.5. The van der Waals surface area contributed by atoms with Crippen molar-refractivity contribution in [2.24, 2.45) is 0 Å². The predicted molar refractivity (Wildman–Crippen MR) is 140 cm³/mol. The van der Waals surface area contributed by atoms with Crippen molar-refractivity contribution in [3.8, 4) is 11.5 Å². The molecule has 0 bridgehead atoms. The van der Waals surface area contributed by atoms with Gasteiger partial charge in [-0.15, -0.1) is 5.10 Å². The van der Waals surface area contributed by atoms with Crippen LogP contribution in [0.15, 0.2) is 91.0 Å². The Morgan fingerprint density at radius 2 is 1.72 bits per heavy atom. The number of carbonyl (C=O) groups excluding carboxylic acids is 1. The van der Waals surface area contributed by atoms with Gasteiger partial charge in [-0.05, 0) is 41.5 Å². The number of allylic oxidation sites excluding steroid dienone is 1. The van der Waals surface area contributed by atoms with Crippen LogP contribution >= 0.6 is 0 Å². The minimum Gasteiger partial charge on any atom is -0.497 e. The quantitative estimate of drug-likeness (QED) is 0.363. The minimum absolute atomic E-state index is 0.202. The molecule has 5 rings (SSSR count). The van der Waals surface area contributed by atoms with E-state index < -0.39 is 0 Å². The molecule has 1 amide bonds. The lowest BCUT2D eigenvalue weighted by Gasteiger charge is -2.24. The Morgan fingerprint density at radius 1 is 0.972 bits per heavy atom. The van der Waals surface area contributed by atoms with Crippen LogP contribution in [0.25, 0.3) is 11.8 Å². The number of amides is 1. The summed E-state index contributed by atoms with van der Waals surface area (Å²) in [6.45, 7) is 0. The summed E-state index contributed by atoms with van der Waals surface area (Å²) < 4.78 is 12.4. The monoisotopic (exact) mass is 479 g/mol. The minimum atomic E-state index is -0.346. The van der Waals surface area contributed by atoms with E-state index in [0.29, 0.717) is 11.7 Å². The lowest BCUT2D eigenvalue weighted by molar-refractivity contribution is -0.111. The van der Waals surface area contributed by atoms with Crippen LogP contribution in [0.4, 0.5) is 11.9 Å². The predicted octanol–water partition coefficient (Wildman–Crippen LogP) is 5.00. The SMILES string of the molecule is COc1ccc([C@H]2C=C(c3ccccc3)Nc3nc(NC(=O)/C=C/c4ccccc4OC)nn32)cc1. The maximum atomic E-state index is 12.6. The Morgan fingerprint density at radius 3 is 2.47 bits per heavy atom. The molecule has 4 aromatic rings. The van der Waals surface area contributed by atoms with Crippen LogP contribution in [0.3, 0.4) is 0 Å². The number of anilines is 2. The number of benzene rings is 3. The molecule has 1 aliphatic heterocycles. The fourth-order valence-electron chi connectivity index (χ4n) is 3.99. The summed E-state index contributed by atoms with van der Waals surface area (Å²) in [7, 11) is 3.23. The molecule has 0 spiro atoms. The summed E-state index contributed by atoms with van der Waals surface area (Å²) in [6.07, 6.45) is 5.21. The number of methoxy groups -OCH3 is 2. The van der Waals surface area contributed by atoms with Gasteiger partial charge in [0.2, 0.25) is 5.95 Å². The third-order valence-electron chi connectivity index (χ3n) is 5.80. The fraction of sp³-hybridized carbons (Fsp3) is 0.107. The van der Waals surface area contributed by atoms with Crippen LogP contribution in [-0.2, 0) is 4.79 Å². The molecule has 8 nitrogen and oxygen atoms in total. The molecule has 2 N–H and O–H groups in total. The second kappa shape index (κ2) is 10.2. The van der Waals surface area contributed by atoms with E-state index in [1.54, 1.807) is 25.0 Å². The van der Waals surface area contributed by atoms with E-state index in [-0.39, 0.29) is 17.9 Å². The van der Waals surface area contributed by atoms with Crippen LogP contribution in [0, 0.1) is 0 Å².